The van der Waals surface area contributed by atoms with E-state index in [0.29, 0.717) is 22.2 Å². The van der Waals surface area contributed by atoms with Crippen LogP contribution in [-0.2, 0) is 15.8 Å². The molecule has 1 aromatic rings. The second-order valence-electron chi connectivity index (χ2n) is 3.86. The first-order valence-corrected chi connectivity index (χ1v) is 7.91. The van der Waals surface area contributed by atoms with Crippen LogP contribution in [0.2, 0.25) is 10.0 Å². The summed E-state index contributed by atoms with van der Waals surface area (Å²) < 4.78 is 26.0. The molecule has 18 heavy (non-hydrogen) atoms. The molecule has 0 heterocycles. The zero-order valence-corrected chi connectivity index (χ0v) is 12.4. The third-order valence-corrected chi connectivity index (χ3v) is 4.36. The summed E-state index contributed by atoms with van der Waals surface area (Å²) in [6.45, 7) is 1.19. The smallest absolute Gasteiger partial charge is 0.215 e. The molecule has 0 spiro atoms. The highest BCUT2D eigenvalue weighted by Crippen LogP contribution is 2.23. The quantitative estimate of drug-likeness (QED) is 0.758. The average Bonchev–Trinajstić information content (AvgIpc) is 2.29. The maximum atomic E-state index is 11.8. The fourth-order valence-electron chi connectivity index (χ4n) is 1.39. The van der Waals surface area contributed by atoms with Crippen molar-refractivity contribution in [3.8, 4) is 0 Å². The van der Waals surface area contributed by atoms with Gasteiger partial charge in [-0.15, -0.1) is 0 Å². The third-order valence-electron chi connectivity index (χ3n) is 2.27. The molecule has 1 rings (SSSR count). The predicted molar refractivity (Wildman–Crippen MR) is 75.6 cm³/mol. The van der Waals surface area contributed by atoms with Gasteiger partial charge in [0.25, 0.3) is 0 Å². The molecule has 0 bridgehead atoms. The number of halogens is 2. The van der Waals surface area contributed by atoms with Gasteiger partial charge in [0.15, 0.2) is 0 Å². The van der Waals surface area contributed by atoms with E-state index in [-0.39, 0.29) is 5.75 Å². The van der Waals surface area contributed by atoms with Gasteiger partial charge in [0.05, 0.1) is 15.8 Å². The van der Waals surface area contributed by atoms with Crippen molar-refractivity contribution >= 4 is 33.2 Å². The van der Waals surface area contributed by atoms with Crippen molar-refractivity contribution in [2.75, 3.05) is 20.1 Å². The van der Waals surface area contributed by atoms with Crippen LogP contribution in [0.4, 0.5) is 0 Å². The number of hydrogen-bond donors (Lipinski definition) is 2. The van der Waals surface area contributed by atoms with Crippen LogP contribution < -0.4 is 10.0 Å². The second kappa shape index (κ2) is 7.31. The molecule has 2 N–H and O–H groups in total. The molecule has 0 unspecified atom stereocenters. The lowest BCUT2D eigenvalue weighted by Gasteiger charge is -2.07. The molecule has 0 saturated carbocycles. The Morgan fingerprint density at radius 3 is 2.50 bits per heavy atom. The lowest BCUT2D eigenvalue weighted by atomic mass is 10.2. The lowest BCUT2D eigenvalue weighted by molar-refractivity contribution is 0.576. The van der Waals surface area contributed by atoms with Crippen molar-refractivity contribution in [3.05, 3.63) is 33.8 Å². The summed E-state index contributed by atoms with van der Waals surface area (Å²) in [7, 11) is -1.50. The lowest BCUT2D eigenvalue weighted by Crippen LogP contribution is -2.27. The highest BCUT2D eigenvalue weighted by atomic mass is 35.5. The molecular formula is C11H16Cl2N2O2S. The van der Waals surface area contributed by atoms with Gasteiger partial charge in [0, 0.05) is 6.54 Å². The Labute approximate surface area is 118 Å². The molecule has 0 fully saturated rings. The molecule has 0 aliphatic heterocycles. The molecule has 0 saturated heterocycles. The minimum absolute atomic E-state index is 0.0938. The van der Waals surface area contributed by atoms with Gasteiger partial charge in [-0.1, -0.05) is 29.3 Å². The van der Waals surface area contributed by atoms with Gasteiger partial charge in [0.2, 0.25) is 10.0 Å². The van der Waals surface area contributed by atoms with Gasteiger partial charge in [-0.3, -0.25) is 0 Å². The number of benzene rings is 1. The molecule has 0 aliphatic carbocycles. The van der Waals surface area contributed by atoms with E-state index >= 15 is 0 Å². The highest BCUT2D eigenvalue weighted by molar-refractivity contribution is 7.88. The number of hydrogen-bond acceptors (Lipinski definition) is 3. The molecule has 4 nitrogen and oxygen atoms in total. The summed E-state index contributed by atoms with van der Waals surface area (Å²) in [5.74, 6) is -0.0938. The average molecular weight is 311 g/mol. The van der Waals surface area contributed by atoms with Gasteiger partial charge in [-0.05, 0) is 37.7 Å². The van der Waals surface area contributed by atoms with Crippen LogP contribution in [0, 0.1) is 0 Å². The summed E-state index contributed by atoms with van der Waals surface area (Å²) in [6, 6.07) is 4.81. The Morgan fingerprint density at radius 2 is 1.89 bits per heavy atom. The van der Waals surface area contributed by atoms with Crippen molar-refractivity contribution in [3.63, 3.8) is 0 Å². The molecule has 0 aromatic heterocycles. The maximum Gasteiger partial charge on any atom is 0.215 e. The molecule has 102 valence electrons. The van der Waals surface area contributed by atoms with Crippen LogP contribution in [0.25, 0.3) is 0 Å². The van der Waals surface area contributed by atoms with Crippen molar-refractivity contribution in [1.29, 1.82) is 0 Å². The molecule has 0 atom stereocenters. The van der Waals surface area contributed by atoms with Gasteiger partial charge >= 0.3 is 0 Å². The summed E-state index contributed by atoms with van der Waals surface area (Å²) in [5, 5.41) is 3.73. The first-order chi connectivity index (χ1) is 8.44. The summed E-state index contributed by atoms with van der Waals surface area (Å²) in [6.07, 6.45) is 0.747. The van der Waals surface area contributed by atoms with Crippen molar-refractivity contribution < 1.29 is 8.42 Å². The predicted octanol–water partition coefficient (Wildman–Crippen LogP) is 2.02. The largest absolute Gasteiger partial charge is 0.320 e. The van der Waals surface area contributed by atoms with Crippen LogP contribution in [0.3, 0.4) is 0 Å². The van der Waals surface area contributed by atoms with Crippen LogP contribution >= 0.6 is 23.2 Å². The minimum Gasteiger partial charge on any atom is -0.320 e. The Kier molecular flexibility index (Phi) is 6.38. The van der Waals surface area contributed by atoms with E-state index < -0.39 is 10.0 Å². The minimum atomic E-state index is -3.32. The fraction of sp³-hybridized carbons (Fsp3) is 0.455. The molecular weight excluding hydrogens is 295 g/mol. The van der Waals surface area contributed by atoms with Gasteiger partial charge in [0.1, 0.15) is 0 Å². The maximum absolute atomic E-state index is 11.8. The van der Waals surface area contributed by atoms with E-state index in [1.807, 2.05) is 7.05 Å². The van der Waals surface area contributed by atoms with E-state index in [0.717, 1.165) is 13.0 Å². The van der Waals surface area contributed by atoms with Crippen molar-refractivity contribution in [2.45, 2.75) is 12.2 Å². The Balaban J connectivity index is 2.56. The SMILES string of the molecule is CNCCCNS(=O)(=O)Cc1ccc(Cl)c(Cl)c1. The Hall–Kier alpha value is -0.330. The molecule has 0 radical (unpaired) electrons. The number of rotatable bonds is 7. The first-order valence-electron chi connectivity index (χ1n) is 5.50. The number of sulfonamides is 1. The molecule has 0 amide bonds. The molecule has 7 heteroatoms. The van der Waals surface area contributed by atoms with Crippen molar-refractivity contribution in [1.82, 2.24) is 10.0 Å². The topological polar surface area (TPSA) is 58.2 Å². The van der Waals surface area contributed by atoms with Gasteiger partial charge in [-0.2, -0.15) is 0 Å². The first kappa shape index (κ1) is 15.7. The van der Waals surface area contributed by atoms with E-state index in [1.165, 1.54) is 0 Å². The summed E-state index contributed by atoms with van der Waals surface area (Å²) in [5.41, 5.74) is 0.616. The normalized spacial score (nSPS) is 11.7. The van der Waals surface area contributed by atoms with Crippen LogP contribution in [0.15, 0.2) is 18.2 Å². The van der Waals surface area contributed by atoms with E-state index in [1.54, 1.807) is 18.2 Å². The third kappa shape index (κ3) is 5.54. The Bertz CT molecular complexity index is 492. The molecule has 1 aromatic carbocycles. The van der Waals surface area contributed by atoms with Gasteiger partial charge < -0.3 is 5.32 Å². The van der Waals surface area contributed by atoms with Crippen molar-refractivity contribution in [2.24, 2.45) is 0 Å². The standard InChI is InChI=1S/C11H16Cl2N2O2S/c1-14-5-2-6-15-18(16,17)8-9-3-4-10(12)11(13)7-9/h3-4,7,14-15H,2,5-6,8H2,1H3. The van der Waals surface area contributed by atoms with E-state index in [2.05, 4.69) is 10.0 Å². The van der Waals surface area contributed by atoms with Crippen LogP contribution in [-0.4, -0.2) is 28.6 Å². The van der Waals surface area contributed by atoms with Gasteiger partial charge in [-0.25, -0.2) is 13.1 Å². The fourth-order valence-corrected chi connectivity index (χ4v) is 2.89. The monoisotopic (exact) mass is 310 g/mol. The summed E-state index contributed by atoms with van der Waals surface area (Å²) >= 11 is 11.6. The van der Waals surface area contributed by atoms with Crippen LogP contribution in [0.1, 0.15) is 12.0 Å². The number of nitrogens with one attached hydrogen (secondary N) is 2. The second-order valence-corrected chi connectivity index (χ2v) is 6.48. The summed E-state index contributed by atoms with van der Waals surface area (Å²) in [4.78, 5) is 0. The highest BCUT2D eigenvalue weighted by Gasteiger charge is 2.11. The van der Waals surface area contributed by atoms with E-state index in [4.69, 9.17) is 23.2 Å². The van der Waals surface area contributed by atoms with Crippen LogP contribution in [0.5, 0.6) is 0 Å². The zero-order valence-electron chi connectivity index (χ0n) is 10.0. The zero-order chi connectivity index (χ0) is 13.6. The van der Waals surface area contributed by atoms with E-state index in [9.17, 15) is 8.42 Å². The Morgan fingerprint density at radius 1 is 1.17 bits per heavy atom. The molecule has 0 aliphatic rings.